The van der Waals surface area contributed by atoms with Crippen molar-refractivity contribution in [2.45, 2.75) is 19.5 Å². The molecule has 30 heavy (non-hydrogen) atoms. The minimum absolute atomic E-state index is 0.0688. The van der Waals surface area contributed by atoms with Crippen LogP contribution < -0.4 is 5.32 Å². The molecule has 9 heteroatoms. The number of benzene rings is 1. The minimum Gasteiger partial charge on any atom is -0.378 e. The second kappa shape index (κ2) is 10.4. The van der Waals surface area contributed by atoms with Crippen molar-refractivity contribution in [3.8, 4) is 0 Å². The van der Waals surface area contributed by atoms with E-state index in [4.69, 9.17) is 4.74 Å². The van der Waals surface area contributed by atoms with E-state index in [2.05, 4.69) is 39.5 Å². The second-order valence-electron chi connectivity index (χ2n) is 7.37. The van der Waals surface area contributed by atoms with Crippen LogP contribution in [0.25, 0.3) is 0 Å². The van der Waals surface area contributed by atoms with Crippen LogP contribution in [0.2, 0.25) is 0 Å². The molecule has 4 rings (SSSR count). The van der Waals surface area contributed by atoms with Gasteiger partial charge in [0.15, 0.2) is 5.13 Å². The third-order valence-electron chi connectivity index (χ3n) is 5.13. The number of morpholine rings is 1. The molecule has 1 N–H and O–H groups in total. The summed E-state index contributed by atoms with van der Waals surface area (Å²) in [6, 6.07) is 10.5. The maximum Gasteiger partial charge on any atom is 0.236 e. The molecule has 0 bridgehead atoms. The van der Waals surface area contributed by atoms with Gasteiger partial charge in [0.05, 0.1) is 30.4 Å². The van der Waals surface area contributed by atoms with E-state index in [1.54, 1.807) is 16.2 Å². The average Bonchev–Trinajstić information content (AvgIpc) is 3.16. The van der Waals surface area contributed by atoms with Gasteiger partial charge in [0.2, 0.25) is 11.8 Å². The zero-order valence-corrected chi connectivity index (χ0v) is 18.5. The van der Waals surface area contributed by atoms with Crippen molar-refractivity contribution in [2.24, 2.45) is 0 Å². The molecule has 0 unspecified atom stereocenters. The number of ether oxygens (including phenoxy) is 1. The van der Waals surface area contributed by atoms with Gasteiger partial charge in [0.1, 0.15) is 0 Å². The molecule has 1 saturated heterocycles. The van der Waals surface area contributed by atoms with E-state index in [0.29, 0.717) is 37.2 Å². The number of thioether (sulfide) groups is 1. The summed E-state index contributed by atoms with van der Waals surface area (Å²) in [7, 11) is 0. The highest BCUT2D eigenvalue weighted by Gasteiger charge is 2.22. The smallest absolute Gasteiger partial charge is 0.236 e. The van der Waals surface area contributed by atoms with E-state index in [1.165, 1.54) is 22.2 Å². The van der Waals surface area contributed by atoms with Crippen molar-refractivity contribution in [2.75, 3.05) is 49.7 Å². The van der Waals surface area contributed by atoms with Gasteiger partial charge in [-0.1, -0.05) is 30.3 Å². The fourth-order valence-corrected chi connectivity index (χ4v) is 5.35. The average molecular weight is 447 g/mol. The van der Waals surface area contributed by atoms with E-state index < -0.39 is 0 Å². The van der Waals surface area contributed by atoms with Crippen molar-refractivity contribution in [3.05, 3.63) is 46.5 Å². The van der Waals surface area contributed by atoms with Crippen LogP contribution in [0, 0.1) is 0 Å². The molecule has 0 atom stereocenters. The third-order valence-corrected chi connectivity index (χ3v) is 7.04. The zero-order valence-electron chi connectivity index (χ0n) is 16.8. The van der Waals surface area contributed by atoms with Gasteiger partial charge < -0.3 is 15.0 Å². The predicted octanol–water partition coefficient (Wildman–Crippen LogP) is 2.23. The fraction of sp³-hybridized carbons (Fsp3) is 0.476. The molecule has 1 aromatic heterocycles. The minimum atomic E-state index is -0.109. The van der Waals surface area contributed by atoms with Crippen molar-refractivity contribution in [1.82, 2.24) is 14.8 Å². The molecular weight excluding hydrogens is 420 g/mol. The number of fused-ring (bicyclic) bond motifs is 1. The molecule has 2 aliphatic heterocycles. The highest BCUT2D eigenvalue weighted by molar-refractivity contribution is 8.00. The Bertz CT molecular complexity index is 868. The summed E-state index contributed by atoms with van der Waals surface area (Å²) in [5.74, 6) is 0.526. The third kappa shape index (κ3) is 5.81. The lowest BCUT2D eigenvalue weighted by atomic mass is 10.1. The molecule has 2 amide bonds. The molecule has 3 heterocycles. The van der Waals surface area contributed by atoms with Crippen LogP contribution in [-0.2, 0) is 33.8 Å². The maximum absolute atomic E-state index is 12.3. The molecular formula is C21H26N4O3S2. The van der Waals surface area contributed by atoms with Crippen molar-refractivity contribution < 1.29 is 14.3 Å². The summed E-state index contributed by atoms with van der Waals surface area (Å²) in [5, 5.41) is 3.56. The van der Waals surface area contributed by atoms with Gasteiger partial charge in [-0.05, 0) is 5.56 Å². The van der Waals surface area contributed by atoms with Crippen LogP contribution in [0.5, 0.6) is 0 Å². The van der Waals surface area contributed by atoms with Crippen LogP contribution in [-0.4, -0.2) is 71.0 Å². The summed E-state index contributed by atoms with van der Waals surface area (Å²) < 4.78 is 5.26. The Morgan fingerprint density at radius 2 is 1.93 bits per heavy atom. The molecule has 2 aromatic rings. The lowest BCUT2D eigenvalue weighted by Gasteiger charge is -2.26. The first-order valence-corrected chi connectivity index (χ1v) is 12.1. The molecule has 0 aliphatic carbocycles. The first-order chi connectivity index (χ1) is 14.7. The number of aromatic nitrogens is 1. The number of nitrogens with zero attached hydrogens (tertiary/aromatic N) is 3. The number of amides is 2. The van der Waals surface area contributed by atoms with E-state index in [9.17, 15) is 9.59 Å². The van der Waals surface area contributed by atoms with Gasteiger partial charge >= 0.3 is 0 Å². The van der Waals surface area contributed by atoms with E-state index in [-0.39, 0.29) is 17.6 Å². The van der Waals surface area contributed by atoms with Crippen LogP contribution in [0.1, 0.15) is 16.1 Å². The number of rotatable bonds is 7. The van der Waals surface area contributed by atoms with Crippen molar-refractivity contribution in [3.63, 3.8) is 0 Å². The number of hydrogen-bond donors (Lipinski definition) is 1. The standard InChI is InChI=1S/C21H26N4O3S2/c26-19(14-29-15-20(27)25-8-10-28-11-9-25)23-21-22-17-6-7-24(13-18(17)30-21)12-16-4-2-1-3-5-16/h1-5H,6-15H2,(H,22,23,26). The van der Waals surface area contributed by atoms with Gasteiger partial charge in [-0.2, -0.15) is 0 Å². The molecule has 0 spiro atoms. The first kappa shape index (κ1) is 21.3. The van der Waals surface area contributed by atoms with Gasteiger partial charge in [0.25, 0.3) is 0 Å². The Kier molecular flexibility index (Phi) is 7.37. The monoisotopic (exact) mass is 446 g/mol. The number of hydrogen-bond acceptors (Lipinski definition) is 7. The Morgan fingerprint density at radius 3 is 2.73 bits per heavy atom. The van der Waals surface area contributed by atoms with Crippen LogP contribution in [0.4, 0.5) is 5.13 Å². The second-order valence-corrected chi connectivity index (χ2v) is 9.44. The molecule has 7 nitrogen and oxygen atoms in total. The van der Waals surface area contributed by atoms with Gasteiger partial charge in [-0.25, -0.2) is 4.98 Å². The molecule has 1 fully saturated rings. The zero-order chi connectivity index (χ0) is 20.8. The molecule has 0 saturated carbocycles. The Morgan fingerprint density at radius 1 is 1.13 bits per heavy atom. The van der Waals surface area contributed by atoms with E-state index in [0.717, 1.165) is 31.7 Å². The summed E-state index contributed by atoms with van der Waals surface area (Å²) in [6.07, 6.45) is 0.900. The highest BCUT2D eigenvalue weighted by atomic mass is 32.2. The predicted molar refractivity (Wildman–Crippen MR) is 120 cm³/mol. The quantitative estimate of drug-likeness (QED) is 0.703. The summed E-state index contributed by atoms with van der Waals surface area (Å²) >= 11 is 2.90. The topological polar surface area (TPSA) is 74.8 Å². The number of anilines is 1. The molecule has 160 valence electrons. The normalized spacial score (nSPS) is 16.9. The molecule has 1 aromatic carbocycles. The summed E-state index contributed by atoms with van der Waals surface area (Å²) in [5.41, 5.74) is 2.40. The lowest BCUT2D eigenvalue weighted by molar-refractivity contribution is -0.132. The van der Waals surface area contributed by atoms with Crippen LogP contribution in [0.15, 0.2) is 30.3 Å². The molecule has 2 aliphatic rings. The van der Waals surface area contributed by atoms with E-state index >= 15 is 0 Å². The van der Waals surface area contributed by atoms with Crippen molar-refractivity contribution in [1.29, 1.82) is 0 Å². The van der Waals surface area contributed by atoms with E-state index in [1.807, 2.05) is 6.07 Å². The fourth-order valence-electron chi connectivity index (χ4n) is 3.57. The number of carbonyl (C=O) groups is 2. The highest BCUT2D eigenvalue weighted by Crippen LogP contribution is 2.29. The first-order valence-electron chi connectivity index (χ1n) is 10.2. The van der Waals surface area contributed by atoms with Crippen molar-refractivity contribution >= 4 is 40.0 Å². The largest absolute Gasteiger partial charge is 0.378 e. The SMILES string of the molecule is O=C(CSCC(=O)N1CCOCC1)Nc1nc2c(s1)CN(Cc1ccccc1)CC2. The lowest BCUT2D eigenvalue weighted by Crippen LogP contribution is -2.41. The molecule has 0 radical (unpaired) electrons. The Hall–Kier alpha value is -1.94. The summed E-state index contributed by atoms with van der Waals surface area (Å²) in [6.45, 7) is 5.21. The summed E-state index contributed by atoms with van der Waals surface area (Å²) in [4.78, 5) is 34.4. The number of carbonyl (C=O) groups excluding carboxylic acids is 2. The van der Waals surface area contributed by atoms with Gasteiger partial charge in [-0.15, -0.1) is 23.1 Å². The Labute approximate surface area is 184 Å². The number of thiazole rings is 1. The number of nitrogens with one attached hydrogen (secondary N) is 1. The Balaban J connectivity index is 1.22. The van der Waals surface area contributed by atoms with Gasteiger partial charge in [0, 0.05) is 44.0 Å². The maximum atomic E-state index is 12.3. The van der Waals surface area contributed by atoms with Crippen LogP contribution in [0.3, 0.4) is 0 Å². The van der Waals surface area contributed by atoms with Crippen LogP contribution >= 0.6 is 23.1 Å². The van der Waals surface area contributed by atoms with Gasteiger partial charge in [-0.3, -0.25) is 14.5 Å².